The van der Waals surface area contributed by atoms with Gasteiger partial charge in [0.2, 0.25) is 0 Å². The third-order valence-electron chi connectivity index (χ3n) is 3.56. The molecule has 1 aliphatic rings. The molecule has 0 saturated carbocycles. The van der Waals surface area contributed by atoms with Crippen LogP contribution in [-0.4, -0.2) is 45.2 Å². The van der Waals surface area contributed by atoms with Crippen LogP contribution in [-0.2, 0) is 19.9 Å². The lowest BCUT2D eigenvalue weighted by Gasteiger charge is -2.31. The molecule has 2 heterocycles. The van der Waals surface area contributed by atoms with Crippen molar-refractivity contribution in [3.8, 4) is 0 Å². The van der Waals surface area contributed by atoms with E-state index in [9.17, 15) is 16.8 Å². The molecule has 0 bridgehead atoms. The maximum absolute atomic E-state index is 12.6. The van der Waals surface area contributed by atoms with Crippen LogP contribution in [0.25, 0.3) is 0 Å². The maximum atomic E-state index is 12.6. The van der Waals surface area contributed by atoms with Crippen molar-refractivity contribution in [1.82, 2.24) is 4.31 Å². The van der Waals surface area contributed by atoms with Crippen molar-refractivity contribution in [2.24, 2.45) is 5.92 Å². The highest BCUT2D eigenvalue weighted by Crippen LogP contribution is 2.30. The Balaban J connectivity index is 2.20. The lowest BCUT2D eigenvalue weighted by atomic mass is 10.2. The van der Waals surface area contributed by atoms with Gasteiger partial charge in [0.1, 0.15) is 4.21 Å². The summed E-state index contributed by atoms with van der Waals surface area (Å²) in [5.41, 5.74) is 0. The van der Waals surface area contributed by atoms with Crippen molar-refractivity contribution in [1.29, 1.82) is 0 Å². The van der Waals surface area contributed by atoms with Gasteiger partial charge in [-0.2, -0.15) is 4.31 Å². The number of nitrogens with zero attached hydrogens (tertiary/aromatic N) is 1. The summed E-state index contributed by atoms with van der Waals surface area (Å²) in [4.78, 5) is 0. The number of rotatable bonds is 5. The van der Waals surface area contributed by atoms with E-state index in [0.717, 1.165) is 11.3 Å². The highest BCUT2D eigenvalue weighted by atomic mass is 35.5. The molecule has 1 aromatic heterocycles. The fourth-order valence-corrected chi connectivity index (χ4v) is 7.97. The second-order valence-electron chi connectivity index (χ2n) is 5.91. The molecule has 2 rings (SSSR count). The Bertz CT molecular complexity index is 724. The zero-order chi connectivity index (χ0) is 16.5. The molecule has 0 spiro atoms. The minimum atomic E-state index is -3.66. The van der Waals surface area contributed by atoms with Gasteiger partial charge in [0, 0.05) is 13.1 Å². The quantitative estimate of drug-likeness (QED) is 0.781. The van der Waals surface area contributed by atoms with E-state index < -0.39 is 25.1 Å². The number of thiophene rings is 1. The van der Waals surface area contributed by atoms with Crippen molar-refractivity contribution in [2.45, 2.75) is 36.1 Å². The van der Waals surface area contributed by atoms with E-state index >= 15 is 0 Å². The largest absolute Gasteiger partial charge is 0.252 e. The molecule has 1 aliphatic heterocycles. The van der Waals surface area contributed by atoms with Crippen molar-refractivity contribution in [3.05, 3.63) is 16.5 Å². The number of sulfone groups is 1. The zero-order valence-corrected chi connectivity index (χ0v) is 15.7. The number of hydrogen-bond donors (Lipinski definition) is 0. The van der Waals surface area contributed by atoms with Gasteiger partial charge >= 0.3 is 0 Å². The van der Waals surface area contributed by atoms with Crippen LogP contribution in [0, 0.1) is 5.92 Å². The van der Waals surface area contributed by atoms with Crippen LogP contribution in [0.2, 0.25) is 4.34 Å². The topological polar surface area (TPSA) is 71.5 Å². The van der Waals surface area contributed by atoms with Gasteiger partial charge in [-0.05, 0) is 30.9 Å². The standard InChI is InChI=1S/C13H20ClNO4S3/c1-10(2)9-21(16,17)11-4-3-7-15(8-11)22(18,19)13-6-5-12(14)20-13/h5-6,10-11H,3-4,7-9H2,1-2H3. The molecule has 22 heavy (non-hydrogen) atoms. The van der Waals surface area contributed by atoms with Crippen molar-refractivity contribution in [3.63, 3.8) is 0 Å². The van der Waals surface area contributed by atoms with Gasteiger partial charge in [0.25, 0.3) is 10.0 Å². The number of hydrogen-bond acceptors (Lipinski definition) is 5. The Kier molecular flexibility index (Phi) is 5.59. The summed E-state index contributed by atoms with van der Waals surface area (Å²) in [5, 5.41) is -0.617. The lowest BCUT2D eigenvalue weighted by Crippen LogP contribution is -2.45. The fourth-order valence-electron chi connectivity index (χ4n) is 2.58. The molecule has 126 valence electrons. The van der Waals surface area contributed by atoms with E-state index in [4.69, 9.17) is 11.6 Å². The zero-order valence-electron chi connectivity index (χ0n) is 12.5. The molecule has 5 nitrogen and oxygen atoms in total. The van der Waals surface area contributed by atoms with Crippen LogP contribution in [0.5, 0.6) is 0 Å². The summed E-state index contributed by atoms with van der Waals surface area (Å²) in [7, 11) is -6.94. The van der Waals surface area contributed by atoms with E-state index in [1.54, 1.807) is 0 Å². The lowest BCUT2D eigenvalue weighted by molar-refractivity contribution is 0.346. The first kappa shape index (κ1) is 18.2. The Labute approximate surface area is 141 Å². The highest BCUT2D eigenvalue weighted by molar-refractivity contribution is 7.92. The first-order chi connectivity index (χ1) is 10.1. The SMILES string of the molecule is CC(C)CS(=O)(=O)C1CCCN(S(=O)(=O)c2ccc(Cl)s2)C1. The van der Waals surface area contributed by atoms with Gasteiger partial charge in [-0.15, -0.1) is 11.3 Å². The first-order valence-electron chi connectivity index (χ1n) is 7.10. The fraction of sp³-hybridized carbons (Fsp3) is 0.692. The number of halogens is 1. The van der Waals surface area contributed by atoms with Crippen molar-refractivity contribution >= 4 is 42.8 Å². The first-order valence-corrected chi connectivity index (χ1v) is 11.4. The molecule has 0 aliphatic carbocycles. The predicted molar refractivity (Wildman–Crippen MR) is 89.7 cm³/mol. The molecular weight excluding hydrogens is 366 g/mol. The second kappa shape index (κ2) is 6.76. The van der Waals surface area contributed by atoms with E-state index in [2.05, 4.69) is 0 Å². The number of sulfonamides is 1. The van der Waals surface area contributed by atoms with Crippen LogP contribution in [0.1, 0.15) is 26.7 Å². The van der Waals surface area contributed by atoms with E-state index in [1.807, 2.05) is 13.8 Å². The van der Waals surface area contributed by atoms with Gasteiger partial charge in [-0.1, -0.05) is 25.4 Å². The minimum absolute atomic E-state index is 0.0346. The molecule has 1 fully saturated rings. The van der Waals surface area contributed by atoms with Crippen molar-refractivity contribution in [2.75, 3.05) is 18.8 Å². The van der Waals surface area contributed by atoms with Crippen LogP contribution < -0.4 is 0 Å². The normalized spacial score (nSPS) is 21.4. The molecule has 1 aromatic rings. The second-order valence-corrected chi connectivity index (χ2v) is 12.1. The molecule has 1 saturated heterocycles. The third-order valence-corrected chi connectivity index (χ3v) is 9.65. The van der Waals surface area contributed by atoms with E-state index in [0.29, 0.717) is 23.7 Å². The van der Waals surface area contributed by atoms with E-state index in [1.165, 1.54) is 16.4 Å². The number of piperidine rings is 1. The summed E-state index contributed by atoms with van der Waals surface area (Å²) in [5.74, 6) is 0.129. The monoisotopic (exact) mass is 385 g/mol. The molecule has 0 N–H and O–H groups in total. The van der Waals surface area contributed by atoms with Gasteiger partial charge < -0.3 is 0 Å². The predicted octanol–water partition coefficient (Wildman–Crippen LogP) is 2.63. The van der Waals surface area contributed by atoms with Gasteiger partial charge in [0.05, 0.1) is 15.3 Å². The summed E-state index contributed by atoms with van der Waals surface area (Å²) < 4.78 is 51.7. The molecule has 0 aromatic carbocycles. The average molecular weight is 386 g/mol. The Morgan fingerprint density at radius 1 is 1.32 bits per heavy atom. The Hall–Kier alpha value is -0.150. The summed E-state index contributed by atoms with van der Waals surface area (Å²) in [6.45, 7) is 4.09. The molecule has 9 heteroatoms. The Morgan fingerprint density at radius 2 is 2.00 bits per heavy atom. The smallest absolute Gasteiger partial charge is 0.228 e. The molecule has 1 atom stereocenters. The van der Waals surface area contributed by atoms with Crippen LogP contribution in [0.3, 0.4) is 0 Å². The molecule has 0 amide bonds. The average Bonchev–Trinajstić information content (AvgIpc) is 2.85. The summed E-state index contributed by atoms with van der Waals surface area (Å²) in [6.07, 6.45) is 1.08. The van der Waals surface area contributed by atoms with Gasteiger partial charge in [0.15, 0.2) is 9.84 Å². The van der Waals surface area contributed by atoms with Gasteiger partial charge in [-0.25, -0.2) is 16.8 Å². The summed E-state index contributed by atoms with van der Waals surface area (Å²) in [6, 6.07) is 3.00. The van der Waals surface area contributed by atoms with Gasteiger partial charge in [-0.3, -0.25) is 0 Å². The minimum Gasteiger partial charge on any atom is -0.228 e. The third kappa shape index (κ3) is 4.03. The summed E-state index contributed by atoms with van der Waals surface area (Å²) >= 11 is 6.80. The highest BCUT2D eigenvalue weighted by Gasteiger charge is 2.36. The van der Waals surface area contributed by atoms with Crippen molar-refractivity contribution < 1.29 is 16.8 Å². The maximum Gasteiger partial charge on any atom is 0.252 e. The molecule has 1 unspecified atom stereocenters. The molecule has 0 radical (unpaired) electrons. The van der Waals surface area contributed by atoms with Crippen LogP contribution in [0.15, 0.2) is 16.3 Å². The van der Waals surface area contributed by atoms with Crippen LogP contribution in [0.4, 0.5) is 0 Å². The Morgan fingerprint density at radius 3 is 2.55 bits per heavy atom. The molecular formula is C13H20ClNO4S3. The van der Waals surface area contributed by atoms with E-state index in [-0.39, 0.29) is 22.4 Å². The van der Waals surface area contributed by atoms with Crippen LogP contribution >= 0.6 is 22.9 Å².